The average molecular weight is 1440 g/mol. The number of carboxylic acids is 3. The minimum Gasteiger partial charge on any atom is -0.481 e. The fourth-order valence-corrected chi connectivity index (χ4v) is 8.62. The van der Waals surface area contributed by atoms with Gasteiger partial charge in [0.25, 0.3) is 0 Å². The highest BCUT2D eigenvalue weighted by atomic mass is 16.4. The van der Waals surface area contributed by atoms with Crippen LogP contribution >= 0.6 is 0 Å². The molecule has 14 atom stereocenters. The second-order valence-electron chi connectivity index (χ2n) is 24.6. The van der Waals surface area contributed by atoms with E-state index >= 15 is 0 Å². The van der Waals surface area contributed by atoms with Crippen molar-refractivity contribution in [1.82, 2.24) is 74.4 Å². The standard InChI is InChI=1S/C59H98N18O24/c1-23(2)43(76-50(91)31(60)12-18-41(83)84)56(97)68-29(10)49(90)75-45(25(5)6)58(99)77-44(24(3)4)57(98)67-28(9)48(89)70-34(15-19-42(85)86)53(94)73-35(20-39(63)81)54(95)72-33(14-17-38(62)80)52(93)71-32(13-16-37(61)79)51(92)64-21-40(82)65-26(7)47(88)74-36(22-78)55(96)66-27(8)46(87)69-30(11)59(100)101/h23-36,43-45,78H,12-22,60H2,1-11H3,(H2,61,79)(H2,62,80)(H2,63,81)(H,64,92)(H,65,82)(H,66,96)(H,67,98)(H,68,97)(H,69,87)(H,70,89)(H,71,93)(H,72,95)(H,73,94)(H,74,88)(H,75,90)(H,76,91)(H,77,99)(H,83,84)(H,85,86)(H,100,101)/t26-,27-,28-,29-,30-,31-,32-,33-,34-,35-,36-,43-,44-,45-/m0/s1. The van der Waals surface area contributed by atoms with Crippen LogP contribution < -0.4 is 97.4 Å². The lowest BCUT2D eigenvalue weighted by atomic mass is 9.99. The van der Waals surface area contributed by atoms with Crippen LogP contribution in [0.15, 0.2) is 0 Å². The molecule has 0 aliphatic heterocycles. The second-order valence-corrected chi connectivity index (χ2v) is 24.6. The molecule has 0 aliphatic rings. The van der Waals surface area contributed by atoms with Gasteiger partial charge < -0.3 is 118 Å². The van der Waals surface area contributed by atoms with E-state index in [1.807, 2.05) is 0 Å². The highest BCUT2D eigenvalue weighted by Crippen LogP contribution is 2.11. The summed E-state index contributed by atoms with van der Waals surface area (Å²) in [6, 6.07) is -21.7. The molecule has 42 heteroatoms. The van der Waals surface area contributed by atoms with Crippen molar-refractivity contribution in [2.24, 2.45) is 40.7 Å². The summed E-state index contributed by atoms with van der Waals surface area (Å²) in [7, 11) is 0. The Bertz CT molecular complexity index is 3040. The minimum atomic E-state index is -2.07. The topological polar surface area (TPSA) is 695 Å². The van der Waals surface area contributed by atoms with Crippen LogP contribution in [0.25, 0.3) is 0 Å². The lowest BCUT2D eigenvalue weighted by Gasteiger charge is -2.29. The maximum atomic E-state index is 14.0. The molecular weight excluding hydrogens is 1340 g/mol. The number of hydrogen-bond donors (Lipinski definition) is 22. The van der Waals surface area contributed by atoms with Gasteiger partial charge in [0.15, 0.2) is 0 Å². The van der Waals surface area contributed by atoms with Crippen molar-refractivity contribution < 1.29 is 116 Å². The number of aliphatic carboxylic acids is 3. The van der Waals surface area contributed by atoms with Crippen molar-refractivity contribution in [2.75, 3.05) is 13.2 Å². The number of aliphatic hydroxyl groups excluding tert-OH is 1. The lowest BCUT2D eigenvalue weighted by Crippen LogP contribution is -2.61. The van der Waals surface area contributed by atoms with Gasteiger partial charge in [-0.1, -0.05) is 41.5 Å². The molecule has 0 unspecified atom stereocenters. The van der Waals surface area contributed by atoms with E-state index in [1.54, 1.807) is 27.7 Å². The SMILES string of the molecule is CC(C)[C@H](NC(=O)[C@H](C)NC(=O)[C@@H](NC(=O)[C@@H](N)CCC(=O)O)C(C)C)C(=O)N[C@H](C(=O)N[C@@H](C)C(=O)N[C@@H](CCC(=O)O)C(=O)N[C@@H](CC(N)=O)C(=O)N[C@@H](CCC(N)=O)C(=O)N[C@@H](CCC(N)=O)C(=O)NCC(=O)N[C@@H](C)C(=O)N[C@@H](CO)C(=O)N[C@@H](C)C(=O)N[C@@H](C)C(=O)O)C(C)C. The third-order valence-electron chi connectivity index (χ3n) is 14.7. The van der Waals surface area contributed by atoms with Gasteiger partial charge in [-0.3, -0.25) is 95.9 Å². The number of hydrogen-bond acceptors (Lipinski definition) is 22. The number of nitrogens with two attached hydrogens (primary N) is 4. The van der Waals surface area contributed by atoms with Crippen LogP contribution in [0.2, 0.25) is 0 Å². The monoisotopic (exact) mass is 1440 g/mol. The van der Waals surface area contributed by atoms with Gasteiger partial charge in [0.05, 0.1) is 25.6 Å². The number of amides is 17. The summed E-state index contributed by atoms with van der Waals surface area (Å²) in [6.07, 6.45) is -5.73. The van der Waals surface area contributed by atoms with Crippen LogP contribution in [-0.4, -0.2) is 236 Å². The lowest BCUT2D eigenvalue weighted by molar-refractivity contribution is -0.142. The molecule has 0 aliphatic carbocycles. The van der Waals surface area contributed by atoms with Gasteiger partial charge in [0, 0.05) is 25.7 Å². The van der Waals surface area contributed by atoms with E-state index in [0.29, 0.717) is 0 Å². The molecule has 0 fully saturated rings. The average Bonchev–Trinajstić information content (AvgIpc) is 0.860. The highest BCUT2D eigenvalue weighted by molar-refractivity contribution is 6.01. The van der Waals surface area contributed by atoms with E-state index in [1.165, 1.54) is 27.7 Å². The molecule has 26 N–H and O–H groups in total. The number of carbonyl (C=O) groups excluding carboxylic acids is 17. The second kappa shape index (κ2) is 44.4. The minimum absolute atomic E-state index is 0.224. The summed E-state index contributed by atoms with van der Waals surface area (Å²) in [5.74, 6) is -24.2. The van der Waals surface area contributed by atoms with Crippen LogP contribution in [0.1, 0.15) is 134 Å². The van der Waals surface area contributed by atoms with Crippen molar-refractivity contribution in [3.63, 3.8) is 0 Å². The van der Waals surface area contributed by atoms with Gasteiger partial charge in [-0.05, 0) is 78.1 Å². The number of carbonyl (C=O) groups is 20. The predicted molar refractivity (Wildman–Crippen MR) is 348 cm³/mol. The van der Waals surface area contributed by atoms with E-state index in [9.17, 15) is 106 Å². The summed E-state index contributed by atoms with van der Waals surface area (Å²) in [5.41, 5.74) is 21.8. The Labute approximate surface area is 579 Å². The zero-order chi connectivity index (χ0) is 78.0. The largest absolute Gasteiger partial charge is 0.481 e. The Balaban J connectivity index is 6.43. The zero-order valence-electron chi connectivity index (χ0n) is 57.9. The normalized spacial score (nSPS) is 15.2. The highest BCUT2D eigenvalue weighted by Gasteiger charge is 2.38. The van der Waals surface area contributed by atoms with Crippen LogP contribution in [0.4, 0.5) is 0 Å². The molecule has 568 valence electrons. The first-order valence-electron chi connectivity index (χ1n) is 31.8. The molecule has 0 radical (unpaired) electrons. The molecule has 0 spiro atoms. The Kier molecular flexibility index (Phi) is 39.7. The maximum absolute atomic E-state index is 14.0. The number of carboxylic acid groups (broad SMARTS) is 3. The molecule has 0 saturated carbocycles. The number of nitrogens with one attached hydrogen (secondary N) is 14. The summed E-state index contributed by atoms with van der Waals surface area (Å²) >= 11 is 0. The van der Waals surface area contributed by atoms with Crippen molar-refractivity contribution in [3.05, 3.63) is 0 Å². The Morgan fingerprint density at radius 3 is 1.00 bits per heavy atom. The van der Waals surface area contributed by atoms with Crippen molar-refractivity contribution in [2.45, 2.75) is 219 Å². The quantitative estimate of drug-likeness (QED) is 0.0269. The van der Waals surface area contributed by atoms with Crippen molar-refractivity contribution >= 4 is 118 Å². The first-order chi connectivity index (χ1) is 46.7. The molecule has 0 aromatic heterocycles. The molecule has 42 nitrogen and oxygen atoms in total. The van der Waals surface area contributed by atoms with Crippen LogP contribution in [-0.2, 0) is 95.9 Å². The van der Waals surface area contributed by atoms with Gasteiger partial charge in [0.1, 0.15) is 78.5 Å². The van der Waals surface area contributed by atoms with E-state index < -0.39 is 285 Å². The molecule has 0 rings (SSSR count). The predicted octanol–water partition coefficient (Wildman–Crippen LogP) is -9.99. The van der Waals surface area contributed by atoms with Crippen LogP contribution in [0, 0.1) is 17.8 Å². The van der Waals surface area contributed by atoms with Gasteiger partial charge in [0.2, 0.25) is 100 Å². The molecular formula is C59H98N18O24. The van der Waals surface area contributed by atoms with E-state index in [4.69, 9.17) is 33.1 Å². The molecule has 0 heterocycles. The third kappa shape index (κ3) is 34.6. The Hall–Kier alpha value is -10.7. The fraction of sp³-hybridized carbons (Fsp3) is 0.661. The number of aliphatic hydroxyl groups is 1. The summed E-state index contributed by atoms with van der Waals surface area (Å²) in [6.45, 7) is 13.2. The maximum Gasteiger partial charge on any atom is 0.325 e. The smallest absolute Gasteiger partial charge is 0.325 e. The van der Waals surface area contributed by atoms with E-state index in [-0.39, 0.29) is 6.42 Å². The number of rotatable bonds is 47. The third-order valence-corrected chi connectivity index (χ3v) is 14.7. The Morgan fingerprint density at radius 1 is 0.307 bits per heavy atom. The summed E-state index contributed by atoms with van der Waals surface area (Å²) in [5, 5.41) is 69.1. The molecule has 0 aromatic carbocycles. The number of primary amides is 3. The summed E-state index contributed by atoms with van der Waals surface area (Å²) < 4.78 is 0. The first kappa shape index (κ1) is 90.3. The molecule has 0 bridgehead atoms. The van der Waals surface area contributed by atoms with Gasteiger partial charge in [-0.25, -0.2) is 0 Å². The van der Waals surface area contributed by atoms with Gasteiger partial charge in [-0.2, -0.15) is 0 Å². The summed E-state index contributed by atoms with van der Waals surface area (Å²) in [4.78, 5) is 257. The van der Waals surface area contributed by atoms with Gasteiger partial charge in [-0.15, -0.1) is 0 Å². The molecule has 0 saturated heterocycles. The van der Waals surface area contributed by atoms with E-state index in [2.05, 4.69) is 74.4 Å². The van der Waals surface area contributed by atoms with Crippen LogP contribution in [0.5, 0.6) is 0 Å². The van der Waals surface area contributed by atoms with Crippen LogP contribution in [0.3, 0.4) is 0 Å². The zero-order valence-corrected chi connectivity index (χ0v) is 57.9. The van der Waals surface area contributed by atoms with Gasteiger partial charge >= 0.3 is 17.9 Å². The fourth-order valence-electron chi connectivity index (χ4n) is 8.62. The van der Waals surface area contributed by atoms with Crippen molar-refractivity contribution in [1.29, 1.82) is 0 Å². The molecule has 101 heavy (non-hydrogen) atoms. The Morgan fingerprint density at radius 2 is 0.604 bits per heavy atom. The van der Waals surface area contributed by atoms with Crippen molar-refractivity contribution in [3.8, 4) is 0 Å². The molecule has 0 aromatic rings. The molecule has 17 amide bonds. The van der Waals surface area contributed by atoms with E-state index in [0.717, 1.165) is 20.8 Å². The first-order valence-corrected chi connectivity index (χ1v) is 31.8.